The van der Waals surface area contributed by atoms with Crippen LogP contribution in [0.1, 0.15) is 49.9 Å². The van der Waals surface area contributed by atoms with Crippen LogP contribution in [0.3, 0.4) is 0 Å². The van der Waals surface area contributed by atoms with Gasteiger partial charge in [0.1, 0.15) is 5.58 Å². The van der Waals surface area contributed by atoms with Crippen LogP contribution in [0.15, 0.2) is 162 Å². The maximum atomic E-state index is 7.02. The number of benzene rings is 8. The minimum absolute atomic E-state index is 0.0972. The highest BCUT2D eigenvalue weighted by Gasteiger charge is 2.41. The number of fused-ring (bicyclic) bond motifs is 17. The van der Waals surface area contributed by atoms with Gasteiger partial charge in [0.05, 0.1) is 27.8 Å². The van der Waals surface area contributed by atoms with E-state index in [9.17, 15) is 0 Å². The average Bonchev–Trinajstić information content (AvgIpc) is 3.96. The van der Waals surface area contributed by atoms with Gasteiger partial charge in [-0.15, -0.1) is 0 Å². The summed E-state index contributed by atoms with van der Waals surface area (Å²) in [5.74, 6) is 0. The number of rotatable bonds is 2. The number of furan rings is 1. The van der Waals surface area contributed by atoms with Gasteiger partial charge in [-0.1, -0.05) is 137 Å². The monoisotopic (exact) mass is 730 g/mol. The second-order valence-corrected chi connectivity index (χ2v) is 17.3. The van der Waals surface area contributed by atoms with Crippen molar-refractivity contribution in [3.8, 4) is 33.6 Å². The second-order valence-electron chi connectivity index (χ2n) is 17.3. The molecule has 4 heterocycles. The molecule has 1 aliphatic carbocycles. The Labute approximate surface area is 330 Å². The Morgan fingerprint density at radius 2 is 1.11 bits per heavy atom. The SMILES string of the molecule is CC1(C)c2ccccc2-c2c1c1c3ccccc3oc1c1c2c2cc(-c3ccc4c(c3)c3cccc5c3n4-c3ccccc3C5(C)C)ccc2n1-c1ccccc1. The molecule has 57 heavy (non-hydrogen) atoms. The van der Waals surface area contributed by atoms with E-state index in [0.717, 1.165) is 22.4 Å². The topological polar surface area (TPSA) is 23.0 Å². The van der Waals surface area contributed by atoms with Gasteiger partial charge in [0.15, 0.2) is 5.58 Å². The van der Waals surface area contributed by atoms with Crippen LogP contribution in [-0.4, -0.2) is 9.13 Å². The zero-order valence-corrected chi connectivity index (χ0v) is 32.3. The summed E-state index contributed by atoms with van der Waals surface area (Å²) < 4.78 is 12.0. The predicted molar refractivity (Wildman–Crippen MR) is 238 cm³/mol. The average molecular weight is 731 g/mol. The summed E-state index contributed by atoms with van der Waals surface area (Å²) in [5, 5.41) is 7.46. The van der Waals surface area contributed by atoms with Crippen molar-refractivity contribution in [2.24, 2.45) is 0 Å². The highest BCUT2D eigenvalue weighted by molar-refractivity contribution is 6.29. The van der Waals surface area contributed by atoms with Gasteiger partial charge < -0.3 is 13.6 Å². The van der Waals surface area contributed by atoms with Crippen LogP contribution in [0, 0.1) is 0 Å². The number of hydrogen-bond donors (Lipinski definition) is 0. The minimum atomic E-state index is -0.223. The van der Waals surface area contributed by atoms with E-state index >= 15 is 0 Å². The molecule has 13 rings (SSSR count). The maximum Gasteiger partial charge on any atom is 0.160 e. The summed E-state index contributed by atoms with van der Waals surface area (Å²) in [6.07, 6.45) is 0. The van der Waals surface area contributed by atoms with Crippen molar-refractivity contribution in [3.63, 3.8) is 0 Å². The Kier molecular flexibility index (Phi) is 5.78. The first-order valence-electron chi connectivity index (χ1n) is 20.1. The van der Waals surface area contributed by atoms with E-state index in [0.29, 0.717) is 0 Å². The van der Waals surface area contributed by atoms with E-state index in [1.165, 1.54) is 99.1 Å². The molecule has 0 atom stereocenters. The van der Waals surface area contributed by atoms with Crippen molar-refractivity contribution in [2.45, 2.75) is 38.5 Å². The molecule has 0 amide bonds. The van der Waals surface area contributed by atoms with Crippen molar-refractivity contribution in [1.82, 2.24) is 9.13 Å². The summed E-state index contributed by atoms with van der Waals surface area (Å²) in [7, 11) is 0. The lowest BCUT2D eigenvalue weighted by Crippen LogP contribution is -2.26. The molecule has 0 spiro atoms. The van der Waals surface area contributed by atoms with E-state index in [1.54, 1.807) is 0 Å². The van der Waals surface area contributed by atoms with Gasteiger partial charge in [-0.3, -0.25) is 0 Å². The molecule has 0 unspecified atom stereocenters. The van der Waals surface area contributed by atoms with Gasteiger partial charge in [-0.2, -0.15) is 0 Å². The Balaban J connectivity index is 1.16. The summed E-state index contributed by atoms with van der Waals surface area (Å²) in [6.45, 7) is 9.51. The summed E-state index contributed by atoms with van der Waals surface area (Å²) >= 11 is 0. The zero-order valence-electron chi connectivity index (χ0n) is 32.3. The second kappa shape index (κ2) is 10.5. The first-order chi connectivity index (χ1) is 27.8. The van der Waals surface area contributed by atoms with Gasteiger partial charge in [0.2, 0.25) is 0 Å². The Hall–Kier alpha value is -6.84. The van der Waals surface area contributed by atoms with Gasteiger partial charge >= 0.3 is 0 Å². The van der Waals surface area contributed by atoms with Crippen LogP contribution in [0.2, 0.25) is 0 Å². The van der Waals surface area contributed by atoms with Crippen molar-refractivity contribution in [1.29, 1.82) is 0 Å². The molecule has 0 saturated carbocycles. The number of aromatic nitrogens is 2. The molecule has 3 nitrogen and oxygen atoms in total. The number of para-hydroxylation sites is 4. The maximum absolute atomic E-state index is 7.02. The smallest absolute Gasteiger partial charge is 0.160 e. The number of nitrogens with zero attached hydrogens (tertiary/aromatic N) is 2. The molecule has 11 aromatic rings. The highest BCUT2D eigenvalue weighted by Crippen LogP contribution is 2.58. The van der Waals surface area contributed by atoms with Crippen molar-refractivity contribution in [3.05, 3.63) is 180 Å². The standard InChI is InChI=1S/C54H38N2O/c1-53(2)40-21-11-12-23-44(40)56-42-27-25-31(29-37(42)34-19-14-22-41(53)50(34)56)32-26-28-43-38(30-32)47-46-35-17-8-10-20-39(35)54(3,4)49(46)48-36-18-9-13-24-45(36)57-52(48)51(47)55(43)33-15-6-5-7-16-33/h5-30H,1-4H3. The Morgan fingerprint density at radius 3 is 1.93 bits per heavy atom. The fourth-order valence-electron chi connectivity index (χ4n) is 11.1. The van der Waals surface area contributed by atoms with Crippen molar-refractivity contribution < 1.29 is 4.42 Å². The molecule has 8 aromatic carbocycles. The van der Waals surface area contributed by atoms with Crippen LogP contribution in [0.25, 0.3) is 99.2 Å². The molecule has 1 aliphatic heterocycles. The van der Waals surface area contributed by atoms with Crippen LogP contribution in [0.5, 0.6) is 0 Å². The van der Waals surface area contributed by atoms with Crippen LogP contribution < -0.4 is 0 Å². The molecule has 0 fully saturated rings. The molecular formula is C54H38N2O. The van der Waals surface area contributed by atoms with E-state index in [4.69, 9.17) is 4.42 Å². The Morgan fingerprint density at radius 1 is 0.456 bits per heavy atom. The normalized spacial score (nSPS) is 14.9. The summed E-state index contributed by atoms with van der Waals surface area (Å²) in [5.41, 5.74) is 19.3. The fourth-order valence-corrected chi connectivity index (χ4v) is 11.1. The quantitative estimate of drug-likeness (QED) is 0.174. The summed E-state index contributed by atoms with van der Waals surface area (Å²) in [6, 6.07) is 58.4. The molecule has 270 valence electrons. The molecule has 3 heteroatoms. The van der Waals surface area contributed by atoms with Crippen LogP contribution >= 0.6 is 0 Å². The first kappa shape index (κ1) is 31.4. The highest BCUT2D eigenvalue weighted by atomic mass is 16.3. The Bertz CT molecular complexity index is 3570. The van der Waals surface area contributed by atoms with E-state index in [-0.39, 0.29) is 10.8 Å². The van der Waals surface area contributed by atoms with Gasteiger partial charge in [-0.05, 0) is 93.0 Å². The van der Waals surface area contributed by atoms with E-state index < -0.39 is 0 Å². The molecular weight excluding hydrogens is 693 g/mol. The van der Waals surface area contributed by atoms with Gasteiger partial charge in [-0.25, -0.2) is 0 Å². The molecule has 0 bridgehead atoms. The number of hydrogen-bond acceptors (Lipinski definition) is 1. The van der Waals surface area contributed by atoms with E-state index in [1.807, 2.05) is 0 Å². The molecule has 0 N–H and O–H groups in total. The molecule has 0 saturated heterocycles. The molecule has 0 radical (unpaired) electrons. The van der Waals surface area contributed by atoms with Gasteiger partial charge in [0, 0.05) is 48.8 Å². The van der Waals surface area contributed by atoms with Crippen LogP contribution in [-0.2, 0) is 10.8 Å². The molecule has 2 aliphatic rings. The lowest BCUT2D eigenvalue weighted by atomic mass is 9.75. The first-order valence-corrected chi connectivity index (χ1v) is 20.1. The zero-order chi connectivity index (χ0) is 37.9. The minimum Gasteiger partial charge on any atom is -0.454 e. The van der Waals surface area contributed by atoms with Crippen LogP contribution in [0.4, 0.5) is 0 Å². The summed E-state index contributed by atoms with van der Waals surface area (Å²) in [4.78, 5) is 0. The van der Waals surface area contributed by atoms with E-state index in [2.05, 4.69) is 195 Å². The third-order valence-electron chi connectivity index (χ3n) is 13.6. The van der Waals surface area contributed by atoms with Crippen molar-refractivity contribution in [2.75, 3.05) is 0 Å². The van der Waals surface area contributed by atoms with Gasteiger partial charge in [0.25, 0.3) is 0 Å². The third-order valence-corrected chi connectivity index (χ3v) is 13.6. The lowest BCUT2D eigenvalue weighted by Gasteiger charge is -2.34. The predicted octanol–water partition coefficient (Wildman–Crippen LogP) is 14.4. The molecule has 3 aromatic heterocycles. The fraction of sp³-hybridized carbons (Fsp3) is 0.111. The largest absolute Gasteiger partial charge is 0.454 e. The third kappa shape index (κ3) is 3.78. The van der Waals surface area contributed by atoms with Crippen molar-refractivity contribution >= 4 is 65.6 Å². The lowest BCUT2D eigenvalue weighted by molar-refractivity contribution is 0.630.